The Morgan fingerprint density at radius 2 is 1.63 bits per heavy atom. The van der Waals surface area contributed by atoms with Crippen molar-refractivity contribution in [2.75, 3.05) is 0 Å². The van der Waals surface area contributed by atoms with Gasteiger partial charge in [-0.25, -0.2) is 0 Å². The maximum Gasteiger partial charge on any atom is 0.306 e. The largest absolute Gasteiger partial charge is 0.481 e. The molecule has 0 heterocycles. The Morgan fingerprint density at radius 3 is 2.31 bits per heavy atom. The summed E-state index contributed by atoms with van der Waals surface area (Å²) in [5.74, 6) is 0.533. The number of rotatable bonds is 8. The topological polar surface area (TPSA) is 121 Å². The summed E-state index contributed by atoms with van der Waals surface area (Å²) in [6.07, 6.45) is 8.02. The van der Waals surface area contributed by atoms with E-state index in [-0.39, 0.29) is 42.3 Å². The molecule has 0 aromatic rings. The molecule has 4 saturated carbocycles. The monoisotopic (exact) mass is 492 g/mol. The Bertz CT molecular complexity index is 826. The number of ether oxygens (including phenoxy) is 1. The minimum atomic E-state index is -0.982. The van der Waals surface area contributed by atoms with Crippen LogP contribution in [0.1, 0.15) is 97.8 Å². The van der Waals surface area contributed by atoms with Crippen LogP contribution in [-0.4, -0.2) is 45.4 Å². The smallest absolute Gasteiger partial charge is 0.306 e. The first-order valence-corrected chi connectivity index (χ1v) is 13.8. The molecule has 3 N–H and O–H groups in total. The summed E-state index contributed by atoms with van der Waals surface area (Å²) in [5.41, 5.74) is -0.0125. The maximum atomic E-state index is 12.1. The number of hydrogen-bond donors (Lipinski definition) is 3. The second-order valence-electron chi connectivity index (χ2n) is 12.6. The van der Waals surface area contributed by atoms with Gasteiger partial charge in [-0.1, -0.05) is 20.8 Å². The minimum Gasteiger partial charge on any atom is -0.481 e. The molecule has 0 amide bonds. The molecule has 35 heavy (non-hydrogen) atoms. The fraction of sp³-hybridized carbons (Fsp3) is 0.893. The zero-order valence-corrected chi connectivity index (χ0v) is 21.6. The van der Waals surface area contributed by atoms with E-state index in [0.29, 0.717) is 41.9 Å². The van der Waals surface area contributed by atoms with Crippen LogP contribution in [0.4, 0.5) is 0 Å². The van der Waals surface area contributed by atoms with Gasteiger partial charge in [-0.3, -0.25) is 14.4 Å². The van der Waals surface area contributed by atoms with E-state index in [0.717, 1.165) is 51.4 Å². The fourth-order valence-corrected chi connectivity index (χ4v) is 9.26. The summed E-state index contributed by atoms with van der Waals surface area (Å²) >= 11 is 0. The number of esters is 1. The molecule has 10 atom stereocenters. The highest BCUT2D eigenvalue weighted by Gasteiger charge is 2.63. The van der Waals surface area contributed by atoms with Crippen LogP contribution in [0.15, 0.2) is 0 Å². The van der Waals surface area contributed by atoms with Crippen molar-refractivity contribution in [3.63, 3.8) is 0 Å². The molecule has 0 unspecified atom stereocenters. The number of aliphatic hydroxyl groups is 1. The first-order chi connectivity index (χ1) is 16.5. The number of carbonyl (C=O) groups excluding carboxylic acids is 1. The molecule has 0 radical (unpaired) electrons. The Kier molecular flexibility index (Phi) is 7.57. The summed E-state index contributed by atoms with van der Waals surface area (Å²) in [4.78, 5) is 34.0. The molecule has 4 fully saturated rings. The van der Waals surface area contributed by atoms with Gasteiger partial charge in [0, 0.05) is 6.42 Å². The number of carboxylic acid groups (broad SMARTS) is 2. The van der Waals surface area contributed by atoms with Crippen molar-refractivity contribution in [1.29, 1.82) is 0 Å². The standard InChI is InChI=1S/C28H44O7/c1-16(4-9-24(30)31)20-7-8-21-19-6-5-17-14-18(35-26(34)11-10-25(32)33)12-13-27(17,2)22(19)15-23(29)28(20,21)3/h16-23,29H,4-15H2,1-3H3,(H,30,31)(H,32,33)/t16-,17-,18-,19+,20+,21-,22-,23-,27+,28+/m1/s1. The van der Waals surface area contributed by atoms with E-state index in [4.69, 9.17) is 14.9 Å². The Morgan fingerprint density at radius 1 is 0.914 bits per heavy atom. The third-order valence-electron chi connectivity index (χ3n) is 11.1. The van der Waals surface area contributed by atoms with Gasteiger partial charge in [0.05, 0.1) is 18.9 Å². The average molecular weight is 493 g/mol. The summed E-state index contributed by atoms with van der Waals surface area (Å²) in [6.45, 7) is 6.86. The van der Waals surface area contributed by atoms with E-state index in [1.54, 1.807) is 0 Å². The van der Waals surface area contributed by atoms with E-state index in [1.807, 2.05) is 0 Å². The number of carboxylic acids is 2. The first-order valence-electron chi connectivity index (χ1n) is 13.8. The predicted molar refractivity (Wildman–Crippen MR) is 129 cm³/mol. The van der Waals surface area contributed by atoms with Gasteiger partial charge in [0.2, 0.25) is 0 Å². The number of carbonyl (C=O) groups is 3. The fourth-order valence-electron chi connectivity index (χ4n) is 9.26. The van der Waals surface area contributed by atoms with Gasteiger partial charge in [0.1, 0.15) is 6.10 Å². The van der Waals surface area contributed by atoms with Crippen molar-refractivity contribution in [2.24, 2.45) is 46.3 Å². The number of aliphatic hydroxyl groups excluding tert-OH is 1. The molecule has 0 aromatic heterocycles. The zero-order valence-electron chi connectivity index (χ0n) is 21.6. The Balaban J connectivity index is 1.43. The van der Waals surface area contributed by atoms with Crippen LogP contribution in [0.25, 0.3) is 0 Å². The Labute approximate surface area is 209 Å². The molecule has 0 spiro atoms. The molecule has 4 aliphatic rings. The third-order valence-corrected chi connectivity index (χ3v) is 11.1. The van der Waals surface area contributed by atoms with Gasteiger partial charge < -0.3 is 20.1 Å². The second kappa shape index (κ2) is 10.0. The lowest BCUT2D eigenvalue weighted by Crippen LogP contribution is -2.59. The number of aliphatic carboxylic acids is 2. The summed E-state index contributed by atoms with van der Waals surface area (Å²) in [5, 5.41) is 29.6. The van der Waals surface area contributed by atoms with Gasteiger partial charge in [0.25, 0.3) is 0 Å². The molecular weight excluding hydrogens is 448 g/mol. The van der Waals surface area contributed by atoms with Crippen LogP contribution in [-0.2, 0) is 19.1 Å². The Hall–Kier alpha value is -1.63. The van der Waals surface area contributed by atoms with Crippen LogP contribution in [0.5, 0.6) is 0 Å². The predicted octanol–water partition coefficient (Wildman–Crippen LogP) is 4.89. The van der Waals surface area contributed by atoms with Gasteiger partial charge in [-0.15, -0.1) is 0 Å². The molecule has 0 aliphatic heterocycles. The summed E-state index contributed by atoms with van der Waals surface area (Å²) in [6, 6.07) is 0. The van der Waals surface area contributed by atoms with Crippen LogP contribution in [0.2, 0.25) is 0 Å². The highest BCUT2D eigenvalue weighted by Crippen LogP contribution is 2.68. The maximum absolute atomic E-state index is 12.1. The highest BCUT2D eigenvalue weighted by atomic mass is 16.5. The molecule has 7 heteroatoms. The van der Waals surface area contributed by atoms with Gasteiger partial charge >= 0.3 is 17.9 Å². The third kappa shape index (κ3) is 4.86. The van der Waals surface area contributed by atoms with E-state index < -0.39 is 17.9 Å². The minimum absolute atomic E-state index is 0.0724. The molecule has 0 bridgehead atoms. The quantitative estimate of drug-likeness (QED) is 0.412. The second-order valence-corrected chi connectivity index (χ2v) is 12.6. The summed E-state index contributed by atoms with van der Waals surface area (Å²) in [7, 11) is 0. The van der Waals surface area contributed by atoms with Crippen molar-refractivity contribution in [3.05, 3.63) is 0 Å². The first kappa shape index (κ1) is 26.4. The van der Waals surface area contributed by atoms with Crippen molar-refractivity contribution in [3.8, 4) is 0 Å². The van der Waals surface area contributed by atoms with E-state index >= 15 is 0 Å². The average Bonchev–Trinajstić information content (AvgIpc) is 3.16. The van der Waals surface area contributed by atoms with Crippen LogP contribution in [0.3, 0.4) is 0 Å². The van der Waals surface area contributed by atoms with Crippen molar-refractivity contribution >= 4 is 17.9 Å². The van der Waals surface area contributed by atoms with Gasteiger partial charge in [-0.05, 0) is 104 Å². The lowest BCUT2D eigenvalue weighted by Gasteiger charge is -2.62. The van der Waals surface area contributed by atoms with Crippen LogP contribution in [0, 0.1) is 46.3 Å². The summed E-state index contributed by atoms with van der Waals surface area (Å²) < 4.78 is 5.67. The van der Waals surface area contributed by atoms with E-state index in [2.05, 4.69) is 20.8 Å². The van der Waals surface area contributed by atoms with Crippen molar-refractivity contribution in [2.45, 2.75) is 110 Å². The molecule has 4 rings (SSSR count). The number of fused-ring (bicyclic) bond motifs is 5. The molecule has 7 nitrogen and oxygen atoms in total. The van der Waals surface area contributed by atoms with Crippen LogP contribution >= 0.6 is 0 Å². The van der Waals surface area contributed by atoms with Gasteiger partial charge in [0.15, 0.2) is 0 Å². The SMILES string of the molecule is C[C@H](CCC(=O)O)[C@@H]1CC[C@@H]2[C@@H]3CC[C@@H]4C[C@H](OC(=O)CCC(=O)O)CC[C@]4(C)[C@@H]3C[C@@H](O)[C@]21C. The molecule has 4 aliphatic carbocycles. The molecule has 0 saturated heterocycles. The lowest BCUT2D eigenvalue weighted by atomic mass is 9.43. The zero-order chi connectivity index (χ0) is 25.5. The van der Waals surface area contributed by atoms with Gasteiger partial charge in [-0.2, -0.15) is 0 Å². The molecular formula is C28H44O7. The van der Waals surface area contributed by atoms with Crippen molar-refractivity contribution in [1.82, 2.24) is 0 Å². The van der Waals surface area contributed by atoms with Crippen LogP contribution < -0.4 is 0 Å². The normalized spacial score (nSPS) is 43.4. The molecule has 0 aromatic carbocycles. The van der Waals surface area contributed by atoms with Crippen molar-refractivity contribution < 1.29 is 34.4 Å². The lowest BCUT2D eigenvalue weighted by molar-refractivity contribution is -0.182. The van der Waals surface area contributed by atoms with E-state index in [1.165, 1.54) is 0 Å². The molecule has 198 valence electrons. The van der Waals surface area contributed by atoms with E-state index in [9.17, 15) is 19.5 Å². The highest BCUT2D eigenvalue weighted by molar-refractivity contribution is 5.76. The number of hydrogen-bond acceptors (Lipinski definition) is 5.